The van der Waals surface area contributed by atoms with E-state index in [9.17, 15) is 14.7 Å². The van der Waals surface area contributed by atoms with Gasteiger partial charge in [-0.1, -0.05) is 12.1 Å². The molecule has 0 aliphatic heterocycles. The molecular weight excluding hydrogens is 270 g/mol. The van der Waals surface area contributed by atoms with E-state index in [-0.39, 0.29) is 17.0 Å². The first-order valence-electron chi connectivity index (χ1n) is 7.14. The summed E-state index contributed by atoms with van der Waals surface area (Å²) < 4.78 is 5.27. The highest BCUT2D eigenvalue weighted by Crippen LogP contribution is 2.20. The number of hydrogen-bond acceptors (Lipinski definition) is 3. The molecule has 0 fully saturated rings. The molecule has 1 N–H and O–H groups in total. The summed E-state index contributed by atoms with van der Waals surface area (Å²) in [6.45, 7) is 9.24. The van der Waals surface area contributed by atoms with E-state index in [1.165, 1.54) is 0 Å². The molecule has 0 spiro atoms. The Morgan fingerprint density at radius 1 is 1.14 bits per heavy atom. The summed E-state index contributed by atoms with van der Waals surface area (Å²) in [5.74, 6) is -1.32. The highest BCUT2D eigenvalue weighted by Gasteiger charge is 2.24. The van der Waals surface area contributed by atoms with Gasteiger partial charge in [-0.25, -0.2) is 4.79 Å². The van der Waals surface area contributed by atoms with Crippen LogP contribution in [0.5, 0.6) is 0 Å². The van der Waals surface area contributed by atoms with Crippen LogP contribution in [-0.4, -0.2) is 48.2 Å². The summed E-state index contributed by atoms with van der Waals surface area (Å²) in [6.07, 6.45) is 0. The SMILES string of the molecule is CCOCCN(CC)C(=O)c1c(C)ccc(C)c1C(=O)O. The van der Waals surface area contributed by atoms with E-state index in [1.807, 2.05) is 13.8 Å². The topological polar surface area (TPSA) is 66.8 Å². The number of carboxylic acid groups (broad SMARTS) is 1. The molecule has 5 nitrogen and oxygen atoms in total. The fraction of sp³-hybridized carbons (Fsp3) is 0.500. The number of aromatic carboxylic acids is 1. The summed E-state index contributed by atoms with van der Waals surface area (Å²) >= 11 is 0. The molecule has 1 aromatic carbocycles. The van der Waals surface area contributed by atoms with Crippen molar-refractivity contribution in [3.63, 3.8) is 0 Å². The Balaban J connectivity index is 3.15. The summed E-state index contributed by atoms with van der Waals surface area (Å²) in [7, 11) is 0. The van der Waals surface area contributed by atoms with Crippen molar-refractivity contribution in [1.82, 2.24) is 4.90 Å². The standard InChI is InChI=1S/C16H23NO4/c1-5-17(9-10-21-6-2)15(18)13-11(3)7-8-12(4)14(13)16(19)20/h7-8H,5-6,9-10H2,1-4H3,(H,19,20). The van der Waals surface area contributed by atoms with Crippen LogP contribution in [0.3, 0.4) is 0 Å². The smallest absolute Gasteiger partial charge is 0.336 e. The second-order valence-electron chi connectivity index (χ2n) is 4.84. The van der Waals surface area contributed by atoms with Crippen LogP contribution >= 0.6 is 0 Å². The number of carboxylic acids is 1. The van der Waals surface area contributed by atoms with Gasteiger partial charge in [0.1, 0.15) is 0 Å². The zero-order valence-electron chi connectivity index (χ0n) is 13.1. The zero-order valence-corrected chi connectivity index (χ0v) is 13.1. The van der Waals surface area contributed by atoms with E-state index in [0.717, 1.165) is 0 Å². The molecule has 0 aromatic heterocycles. The number of likely N-dealkylation sites (N-methyl/N-ethyl adjacent to an activating group) is 1. The second kappa shape index (κ2) is 7.78. The van der Waals surface area contributed by atoms with Crippen LogP contribution in [0.4, 0.5) is 0 Å². The highest BCUT2D eigenvalue weighted by molar-refractivity contribution is 6.06. The third-order valence-corrected chi connectivity index (χ3v) is 3.43. The summed E-state index contributed by atoms with van der Waals surface area (Å²) in [5, 5.41) is 9.39. The van der Waals surface area contributed by atoms with E-state index in [1.54, 1.807) is 30.9 Å². The molecular formula is C16H23NO4. The second-order valence-corrected chi connectivity index (χ2v) is 4.84. The maximum absolute atomic E-state index is 12.7. The van der Waals surface area contributed by atoms with Gasteiger partial charge < -0.3 is 14.7 Å². The van der Waals surface area contributed by atoms with Crippen molar-refractivity contribution in [2.75, 3.05) is 26.3 Å². The maximum Gasteiger partial charge on any atom is 0.336 e. The minimum atomic E-state index is -1.07. The lowest BCUT2D eigenvalue weighted by molar-refractivity contribution is 0.0640. The Labute approximate surface area is 125 Å². The number of benzene rings is 1. The first kappa shape index (κ1) is 17.2. The van der Waals surface area contributed by atoms with Crippen LogP contribution < -0.4 is 0 Å². The van der Waals surface area contributed by atoms with Crippen LogP contribution in [0, 0.1) is 13.8 Å². The summed E-state index contributed by atoms with van der Waals surface area (Å²) in [4.78, 5) is 25.8. The maximum atomic E-state index is 12.7. The van der Waals surface area contributed by atoms with Crippen LogP contribution in [0.1, 0.15) is 45.7 Å². The van der Waals surface area contributed by atoms with Crippen molar-refractivity contribution in [3.8, 4) is 0 Å². The lowest BCUT2D eigenvalue weighted by atomic mass is 9.96. The first-order chi connectivity index (χ1) is 9.93. The monoisotopic (exact) mass is 293 g/mol. The summed E-state index contributed by atoms with van der Waals surface area (Å²) in [6, 6.07) is 3.51. The van der Waals surface area contributed by atoms with E-state index < -0.39 is 5.97 Å². The largest absolute Gasteiger partial charge is 0.478 e. The molecule has 0 saturated heterocycles. The van der Waals surface area contributed by atoms with Crippen molar-refractivity contribution in [2.45, 2.75) is 27.7 Å². The molecule has 1 rings (SSSR count). The van der Waals surface area contributed by atoms with E-state index in [4.69, 9.17) is 4.74 Å². The molecule has 0 aliphatic rings. The number of rotatable bonds is 7. The average molecular weight is 293 g/mol. The van der Waals surface area contributed by atoms with Crippen molar-refractivity contribution in [2.24, 2.45) is 0 Å². The third-order valence-electron chi connectivity index (χ3n) is 3.43. The molecule has 0 atom stereocenters. The molecule has 0 aliphatic carbocycles. The molecule has 0 saturated carbocycles. The van der Waals surface area contributed by atoms with Crippen molar-refractivity contribution in [3.05, 3.63) is 34.4 Å². The Bertz CT molecular complexity index is 525. The fourth-order valence-electron chi connectivity index (χ4n) is 2.24. The van der Waals surface area contributed by atoms with Crippen LogP contribution in [-0.2, 0) is 4.74 Å². The Morgan fingerprint density at radius 2 is 1.71 bits per heavy atom. The van der Waals surface area contributed by atoms with Gasteiger partial charge in [0.05, 0.1) is 17.7 Å². The molecule has 5 heteroatoms. The van der Waals surface area contributed by atoms with Gasteiger partial charge in [-0.2, -0.15) is 0 Å². The minimum Gasteiger partial charge on any atom is -0.478 e. The van der Waals surface area contributed by atoms with Gasteiger partial charge in [-0.15, -0.1) is 0 Å². The van der Waals surface area contributed by atoms with E-state index >= 15 is 0 Å². The Hall–Kier alpha value is -1.88. The lowest BCUT2D eigenvalue weighted by Gasteiger charge is -2.23. The van der Waals surface area contributed by atoms with Crippen molar-refractivity contribution < 1.29 is 19.4 Å². The molecule has 1 aromatic rings. The molecule has 0 bridgehead atoms. The van der Waals surface area contributed by atoms with E-state index in [0.29, 0.717) is 37.4 Å². The number of aryl methyl sites for hydroxylation is 2. The highest BCUT2D eigenvalue weighted by atomic mass is 16.5. The van der Waals surface area contributed by atoms with Gasteiger partial charge in [0, 0.05) is 19.7 Å². The first-order valence-corrected chi connectivity index (χ1v) is 7.14. The van der Waals surface area contributed by atoms with Gasteiger partial charge in [0.2, 0.25) is 0 Å². The van der Waals surface area contributed by atoms with E-state index in [2.05, 4.69) is 0 Å². The van der Waals surface area contributed by atoms with Gasteiger partial charge >= 0.3 is 5.97 Å². The molecule has 1 amide bonds. The lowest BCUT2D eigenvalue weighted by Crippen LogP contribution is -2.35. The number of ether oxygens (including phenoxy) is 1. The Kier molecular flexibility index (Phi) is 6.37. The predicted octanol–water partition coefficient (Wildman–Crippen LogP) is 2.50. The van der Waals surface area contributed by atoms with Crippen LogP contribution in [0.25, 0.3) is 0 Å². The van der Waals surface area contributed by atoms with Gasteiger partial charge in [-0.05, 0) is 38.8 Å². The number of nitrogens with zero attached hydrogens (tertiary/aromatic N) is 1. The number of hydrogen-bond donors (Lipinski definition) is 1. The number of carbonyl (C=O) groups is 2. The van der Waals surface area contributed by atoms with Gasteiger partial charge in [-0.3, -0.25) is 4.79 Å². The number of amides is 1. The van der Waals surface area contributed by atoms with Gasteiger partial charge in [0.25, 0.3) is 5.91 Å². The van der Waals surface area contributed by atoms with Crippen LogP contribution in [0.2, 0.25) is 0 Å². The van der Waals surface area contributed by atoms with Crippen LogP contribution in [0.15, 0.2) is 12.1 Å². The molecule has 0 radical (unpaired) electrons. The zero-order chi connectivity index (χ0) is 16.0. The quantitative estimate of drug-likeness (QED) is 0.784. The summed E-state index contributed by atoms with van der Waals surface area (Å²) in [5.41, 5.74) is 1.64. The number of carbonyl (C=O) groups excluding carboxylic acids is 1. The van der Waals surface area contributed by atoms with Crippen molar-refractivity contribution in [1.29, 1.82) is 0 Å². The van der Waals surface area contributed by atoms with Crippen molar-refractivity contribution >= 4 is 11.9 Å². The average Bonchev–Trinajstić information content (AvgIpc) is 2.44. The third kappa shape index (κ3) is 4.04. The van der Waals surface area contributed by atoms with Gasteiger partial charge in [0.15, 0.2) is 0 Å². The Morgan fingerprint density at radius 3 is 2.19 bits per heavy atom. The predicted molar refractivity (Wildman–Crippen MR) is 80.9 cm³/mol. The molecule has 21 heavy (non-hydrogen) atoms. The molecule has 0 unspecified atom stereocenters. The fourth-order valence-corrected chi connectivity index (χ4v) is 2.24. The molecule has 116 valence electrons. The minimum absolute atomic E-state index is 0.0925. The normalized spacial score (nSPS) is 10.5. The molecule has 0 heterocycles.